The average Bonchev–Trinajstić information content (AvgIpc) is 2.28. The molecule has 100 valence electrons. The van der Waals surface area contributed by atoms with Crippen LogP contribution in [0.4, 0.5) is 0 Å². The van der Waals surface area contributed by atoms with Crippen molar-refractivity contribution < 1.29 is 18.3 Å². The highest BCUT2D eigenvalue weighted by Crippen LogP contribution is 2.14. The number of carbonyl (C=O) groups is 1. The topological polar surface area (TPSA) is 71.4 Å². The van der Waals surface area contributed by atoms with E-state index >= 15 is 0 Å². The van der Waals surface area contributed by atoms with E-state index in [1.807, 2.05) is 6.92 Å². The van der Waals surface area contributed by atoms with Gasteiger partial charge in [0.25, 0.3) is 0 Å². The minimum Gasteiger partial charge on any atom is -0.481 e. The van der Waals surface area contributed by atoms with Crippen molar-refractivity contribution in [3.63, 3.8) is 0 Å². The van der Waals surface area contributed by atoms with Crippen molar-refractivity contribution in [2.24, 2.45) is 0 Å². The molecule has 0 aromatic heterocycles. The standard InChI is InChI=1S/C13H18O4S/c1-11-6-8-12(9-7-11)18(16,17)10-4-2-3-5-13(14)15/h6-9H,2-5,10H2,1H3,(H,14,15). The number of aryl methyl sites for hydroxylation is 1. The summed E-state index contributed by atoms with van der Waals surface area (Å²) in [5.41, 5.74) is 1.02. The monoisotopic (exact) mass is 270 g/mol. The van der Waals surface area contributed by atoms with Crippen molar-refractivity contribution in [1.29, 1.82) is 0 Å². The van der Waals surface area contributed by atoms with E-state index in [2.05, 4.69) is 0 Å². The second-order valence-corrected chi connectivity index (χ2v) is 6.45. The molecule has 0 saturated heterocycles. The third-order valence-electron chi connectivity index (χ3n) is 2.68. The number of rotatable bonds is 7. The largest absolute Gasteiger partial charge is 0.481 e. The van der Waals surface area contributed by atoms with E-state index in [9.17, 15) is 13.2 Å². The molecule has 5 heteroatoms. The van der Waals surface area contributed by atoms with Crippen LogP contribution in [0.3, 0.4) is 0 Å². The Hall–Kier alpha value is -1.36. The molecule has 4 nitrogen and oxygen atoms in total. The number of hydrogen-bond acceptors (Lipinski definition) is 3. The van der Waals surface area contributed by atoms with Crippen LogP contribution >= 0.6 is 0 Å². The van der Waals surface area contributed by atoms with Gasteiger partial charge in [0.2, 0.25) is 0 Å². The number of benzene rings is 1. The van der Waals surface area contributed by atoms with Crippen LogP contribution in [0.1, 0.15) is 31.2 Å². The zero-order valence-corrected chi connectivity index (χ0v) is 11.2. The molecule has 0 amide bonds. The first-order valence-corrected chi connectivity index (χ1v) is 7.58. The lowest BCUT2D eigenvalue weighted by Gasteiger charge is -2.04. The van der Waals surface area contributed by atoms with Crippen LogP contribution in [-0.2, 0) is 14.6 Å². The van der Waals surface area contributed by atoms with Crippen molar-refractivity contribution in [2.75, 3.05) is 5.75 Å². The van der Waals surface area contributed by atoms with Crippen molar-refractivity contribution in [3.05, 3.63) is 29.8 Å². The summed E-state index contributed by atoms with van der Waals surface area (Å²) in [6.45, 7) is 1.91. The molecule has 0 unspecified atom stereocenters. The van der Waals surface area contributed by atoms with Gasteiger partial charge >= 0.3 is 5.97 Å². The van der Waals surface area contributed by atoms with Gasteiger partial charge in [-0.25, -0.2) is 8.42 Å². The summed E-state index contributed by atoms with van der Waals surface area (Å²) in [5.74, 6) is -0.758. The van der Waals surface area contributed by atoms with E-state index in [4.69, 9.17) is 5.11 Å². The van der Waals surface area contributed by atoms with Crippen molar-refractivity contribution in [2.45, 2.75) is 37.5 Å². The van der Waals surface area contributed by atoms with Crippen molar-refractivity contribution >= 4 is 15.8 Å². The fourth-order valence-corrected chi connectivity index (χ4v) is 2.98. The minimum atomic E-state index is -3.23. The van der Waals surface area contributed by atoms with Crippen LogP contribution < -0.4 is 0 Å². The quantitative estimate of drug-likeness (QED) is 0.772. The number of hydrogen-bond donors (Lipinski definition) is 1. The molecule has 0 heterocycles. The van der Waals surface area contributed by atoms with Crippen molar-refractivity contribution in [3.8, 4) is 0 Å². The van der Waals surface area contributed by atoms with E-state index < -0.39 is 15.8 Å². The Morgan fingerprint density at radius 3 is 2.28 bits per heavy atom. The summed E-state index contributed by atoms with van der Waals surface area (Å²) >= 11 is 0. The third kappa shape index (κ3) is 4.87. The van der Waals surface area contributed by atoms with Gasteiger partial charge in [0.1, 0.15) is 0 Å². The summed E-state index contributed by atoms with van der Waals surface area (Å²) in [7, 11) is -3.23. The van der Waals surface area contributed by atoms with Crippen LogP contribution in [0.5, 0.6) is 0 Å². The van der Waals surface area contributed by atoms with Gasteiger partial charge in [-0.3, -0.25) is 4.79 Å². The molecule has 0 saturated carbocycles. The van der Waals surface area contributed by atoms with Gasteiger partial charge in [0.15, 0.2) is 9.84 Å². The van der Waals surface area contributed by atoms with Crippen LogP contribution in [-0.4, -0.2) is 25.2 Å². The molecule has 0 aliphatic heterocycles. The van der Waals surface area contributed by atoms with E-state index in [0.29, 0.717) is 24.2 Å². The average molecular weight is 270 g/mol. The maximum atomic E-state index is 11.9. The summed E-state index contributed by atoms with van der Waals surface area (Å²) in [5, 5.41) is 8.46. The van der Waals surface area contributed by atoms with E-state index in [1.165, 1.54) is 0 Å². The minimum absolute atomic E-state index is 0.0790. The number of carboxylic acids is 1. The maximum absolute atomic E-state index is 11.9. The highest BCUT2D eigenvalue weighted by Gasteiger charge is 2.13. The lowest BCUT2D eigenvalue weighted by molar-refractivity contribution is -0.137. The molecular formula is C13H18O4S. The number of carboxylic acid groups (broad SMARTS) is 1. The molecule has 0 fully saturated rings. The third-order valence-corrected chi connectivity index (χ3v) is 4.50. The molecule has 0 aliphatic rings. The molecule has 0 bridgehead atoms. The zero-order valence-electron chi connectivity index (χ0n) is 10.4. The molecule has 0 atom stereocenters. The Morgan fingerprint density at radius 1 is 1.11 bits per heavy atom. The molecular weight excluding hydrogens is 252 g/mol. The summed E-state index contributed by atoms with van der Waals surface area (Å²) in [4.78, 5) is 10.6. The second kappa shape index (κ2) is 6.54. The zero-order chi connectivity index (χ0) is 13.6. The lowest BCUT2D eigenvalue weighted by atomic mass is 10.2. The summed E-state index contributed by atoms with van der Waals surface area (Å²) in [6.07, 6.45) is 1.75. The Morgan fingerprint density at radius 2 is 1.72 bits per heavy atom. The van der Waals surface area contributed by atoms with Crippen LogP contribution in [0.15, 0.2) is 29.2 Å². The Labute approximate surface area is 108 Å². The number of sulfone groups is 1. The lowest BCUT2D eigenvalue weighted by Crippen LogP contribution is -2.07. The smallest absolute Gasteiger partial charge is 0.303 e. The molecule has 0 aliphatic carbocycles. The predicted octanol–water partition coefficient (Wildman–Crippen LogP) is 2.41. The molecule has 1 N–H and O–H groups in total. The van der Waals surface area contributed by atoms with Gasteiger partial charge < -0.3 is 5.11 Å². The predicted molar refractivity (Wildman–Crippen MR) is 69.3 cm³/mol. The van der Waals surface area contributed by atoms with Gasteiger partial charge in [0.05, 0.1) is 10.6 Å². The fourth-order valence-electron chi connectivity index (χ4n) is 1.61. The molecule has 1 rings (SSSR count). The van der Waals surface area contributed by atoms with Gasteiger partial charge in [-0.2, -0.15) is 0 Å². The van der Waals surface area contributed by atoms with Crippen LogP contribution in [0.25, 0.3) is 0 Å². The number of aliphatic carboxylic acids is 1. The number of unbranched alkanes of at least 4 members (excludes halogenated alkanes) is 2. The second-order valence-electron chi connectivity index (χ2n) is 4.34. The van der Waals surface area contributed by atoms with Crippen LogP contribution in [0, 0.1) is 6.92 Å². The molecule has 1 aromatic carbocycles. The summed E-state index contributed by atoms with van der Waals surface area (Å²) < 4.78 is 23.8. The molecule has 1 aromatic rings. The first-order chi connectivity index (χ1) is 8.42. The molecule has 0 radical (unpaired) electrons. The van der Waals surface area contributed by atoms with E-state index in [0.717, 1.165) is 5.56 Å². The first-order valence-electron chi connectivity index (χ1n) is 5.93. The van der Waals surface area contributed by atoms with Gasteiger partial charge in [-0.15, -0.1) is 0 Å². The highest BCUT2D eigenvalue weighted by molar-refractivity contribution is 7.91. The molecule has 0 spiro atoms. The van der Waals surface area contributed by atoms with E-state index in [1.54, 1.807) is 24.3 Å². The Kier molecular flexibility index (Phi) is 5.34. The Balaban J connectivity index is 2.45. The van der Waals surface area contributed by atoms with Crippen molar-refractivity contribution in [1.82, 2.24) is 0 Å². The summed E-state index contributed by atoms with van der Waals surface area (Å²) in [6, 6.07) is 6.78. The molecule has 18 heavy (non-hydrogen) atoms. The fraction of sp³-hybridized carbons (Fsp3) is 0.462. The highest BCUT2D eigenvalue weighted by atomic mass is 32.2. The Bertz CT molecular complexity index is 488. The normalized spacial score (nSPS) is 11.4. The van der Waals surface area contributed by atoms with E-state index in [-0.39, 0.29) is 12.2 Å². The van der Waals surface area contributed by atoms with Gasteiger partial charge in [-0.1, -0.05) is 24.1 Å². The first kappa shape index (κ1) is 14.7. The SMILES string of the molecule is Cc1ccc(S(=O)(=O)CCCCCC(=O)O)cc1. The van der Waals surface area contributed by atoms with Crippen LogP contribution in [0.2, 0.25) is 0 Å². The van der Waals surface area contributed by atoms with Gasteiger partial charge in [-0.05, 0) is 31.9 Å². The maximum Gasteiger partial charge on any atom is 0.303 e. The van der Waals surface area contributed by atoms with Gasteiger partial charge in [0, 0.05) is 6.42 Å².